The van der Waals surface area contributed by atoms with E-state index in [0.29, 0.717) is 32.1 Å². The predicted octanol–water partition coefficient (Wildman–Crippen LogP) is 3.24. The summed E-state index contributed by atoms with van der Waals surface area (Å²) in [6, 6.07) is 7.34. The van der Waals surface area contributed by atoms with Gasteiger partial charge in [-0.3, -0.25) is 4.98 Å². The van der Waals surface area contributed by atoms with Crippen molar-refractivity contribution in [2.45, 2.75) is 25.9 Å². The Morgan fingerprint density at radius 2 is 1.81 bits per heavy atom. The molecule has 3 heterocycles. The average Bonchev–Trinajstić information content (AvgIpc) is 2.70. The van der Waals surface area contributed by atoms with Crippen molar-refractivity contribution >= 4 is 11.7 Å². The molecule has 142 valence electrons. The van der Waals surface area contributed by atoms with Gasteiger partial charge in [-0.2, -0.15) is 0 Å². The van der Waals surface area contributed by atoms with Crippen LogP contribution < -0.4 is 19.5 Å². The maximum atomic E-state index is 12.6. The second-order valence-corrected chi connectivity index (χ2v) is 6.73. The summed E-state index contributed by atoms with van der Waals surface area (Å²) in [5, 5.41) is 3.00. The molecule has 0 bridgehead atoms. The summed E-state index contributed by atoms with van der Waals surface area (Å²) in [6.07, 6.45) is 5.15. The van der Waals surface area contributed by atoms with E-state index < -0.39 is 0 Å². The molecule has 7 nitrogen and oxygen atoms in total. The molecule has 1 aromatic carbocycles. The number of ether oxygens (including phenoxy) is 3. The molecule has 0 aliphatic carbocycles. The highest BCUT2D eigenvalue weighted by Gasteiger charge is 2.25. The monoisotopic (exact) mass is 369 g/mol. The van der Waals surface area contributed by atoms with Gasteiger partial charge in [0.25, 0.3) is 0 Å². The van der Waals surface area contributed by atoms with E-state index in [2.05, 4.69) is 10.3 Å². The number of urea groups is 1. The Labute approximate surface area is 158 Å². The van der Waals surface area contributed by atoms with Gasteiger partial charge in [0.15, 0.2) is 11.5 Å². The number of pyridine rings is 1. The van der Waals surface area contributed by atoms with E-state index in [1.165, 1.54) is 0 Å². The Balaban J connectivity index is 1.33. The first kappa shape index (κ1) is 17.5. The number of carbonyl (C=O) groups excluding carboxylic acids is 1. The molecule has 2 aromatic rings. The van der Waals surface area contributed by atoms with E-state index in [9.17, 15) is 4.79 Å². The van der Waals surface area contributed by atoms with Crippen LogP contribution in [0.5, 0.6) is 17.2 Å². The number of carbonyl (C=O) groups is 1. The molecule has 1 fully saturated rings. The Morgan fingerprint density at radius 1 is 1.15 bits per heavy atom. The van der Waals surface area contributed by atoms with E-state index in [0.717, 1.165) is 35.6 Å². The number of anilines is 1. The van der Waals surface area contributed by atoms with E-state index in [4.69, 9.17) is 14.2 Å². The van der Waals surface area contributed by atoms with Gasteiger partial charge < -0.3 is 24.4 Å². The minimum absolute atomic E-state index is 0.0999. The van der Waals surface area contributed by atoms with Crippen LogP contribution in [0.1, 0.15) is 18.4 Å². The lowest BCUT2D eigenvalue weighted by Gasteiger charge is -2.32. The van der Waals surface area contributed by atoms with E-state index in [1.807, 2.05) is 36.1 Å². The molecule has 0 spiro atoms. The molecule has 0 saturated carbocycles. The van der Waals surface area contributed by atoms with Crippen LogP contribution in [0.2, 0.25) is 0 Å². The topological polar surface area (TPSA) is 72.9 Å². The van der Waals surface area contributed by atoms with Gasteiger partial charge in [-0.15, -0.1) is 0 Å². The van der Waals surface area contributed by atoms with Gasteiger partial charge in [-0.1, -0.05) is 0 Å². The largest absolute Gasteiger partial charge is 0.490 e. The number of aryl methyl sites for hydroxylation is 1. The number of hydrogen-bond acceptors (Lipinski definition) is 5. The zero-order chi connectivity index (χ0) is 18.6. The van der Waals surface area contributed by atoms with Crippen LogP contribution in [0, 0.1) is 6.92 Å². The van der Waals surface area contributed by atoms with Crippen LogP contribution in [0.3, 0.4) is 0 Å². The fourth-order valence-corrected chi connectivity index (χ4v) is 3.31. The summed E-state index contributed by atoms with van der Waals surface area (Å²) in [4.78, 5) is 18.5. The van der Waals surface area contributed by atoms with Crippen molar-refractivity contribution in [2.75, 3.05) is 31.6 Å². The average molecular weight is 369 g/mol. The van der Waals surface area contributed by atoms with Crippen LogP contribution in [-0.2, 0) is 0 Å². The van der Waals surface area contributed by atoms with Crippen LogP contribution in [-0.4, -0.2) is 48.3 Å². The van der Waals surface area contributed by atoms with E-state index in [-0.39, 0.29) is 12.1 Å². The molecule has 1 aromatic heterocycles. The van der Waals surface area contributed by atoms with Crippen molar-refractivity contribution < 1.29 is 19.0 Å². The summed E-state index contributed by atoms with van der Waals surface area (Å²) < 4.78 is 17.1. The molecule has 0 radical (unpaired) electrons. The standard InChI is InChI=1S/C20H23N3O4/c1-14-12-18-19(26-11-10-25-18)13-17(14)22-20(24)23-8-4-16(5-9-23)27-15-2-6-21-7-3-15/h2-3,6-7,12-13,16H,4-5,8-11H2,1H3,(H,22,24). The van der Waals surface area contributed by atoms with Crippen LogP contribution in [0.15, 0.2) is 36.7 Å². The highest BCUT2D eigenvalue weighted by atomic mass is 16.6. The molecule has 4 rings (SSSR count). The zero-order valence-corrected chi connectivity index (χ0v) is 15.3. The molecule has 0 atom stereocenters. The third-order valence-corrected chi connectivity index (χ3v) is 4.81. The van der Waals surface area contributed by atoms with Gasteiger partial charge in [0.05, 0.1) is 0 Å². The predicted molar refractivity (Wildman–Crippen MR) is 101 cm³/mol. The lowest BCUT2D eigenvalue weighted by atomic mass is 10.1. The summed E-state index contributed by atoms with van der Waals surface area (Å²) in [5.74, 6) is 2.22. The third kappa shape index (κ3) is 4.07. The molecule has 2 aliphatic heterocycles. The zero-order valence-electron chi connectivity index (χ0n) is 15.3. The molecule has 2 aliphatic rings. The number of nitrogens with one attached hydrogen (secondary N) is 1. The highest BCUT2D eigenvalue weighted by Crippen LogP contribution is 2.35. The first-order valence-corrected chi connectivity index (χ1v) is 9.22. The maximum Gasteiger partial charge on any atom is 0.321 e. The minimum atomic E-state index is -0.0999. The highest BCUT2D eigenvalue weighted by molar-refractivity contribution is 5.90. The first-order chi connectivity index (χ1) is 13.2. The van der Waals surface area contributed by atoms with Crippen molar-refractivity contribution in [2.24, 2.45) is 0 Å². The number of piperidine rings is 1. The Kier molecular flexibility index (Phi) is 5.00. The second-order valence-electron chi connectivity index (χ2n) is 6.73. The van der Waals surface area contributed by atoms with Crippen molar-refractivity contribution in [3.8, 4) is 17.2 Å². The molecule has 0 unspecified atom stereocenters. The summed E-state index contributed by atoms with van der Waals surface area (Å²) >= 11 is 0. The lowest BCUT2D eigenvalue weighted by molar-refractivity contribution is 0.115. The lowest BCUT2D eigenvalue weighted by Crippen LogP contribution is -2.43. The van der Waals surface area contributed by atoms with Crippen LogP contribution >= 0.6 is 0 Å². The van der Waals surface area contributed by atoms with Gasteiger partial charge in [0, 0.05) is 50.1 Å². The Bertz CT molecular complexity index is 804. The van der Waals surface area contributed by atoms with Crippen molar-refractivity contribution in [3.05, 3.63) is 42.2 Å². The minimum Gasteiger partial charge on any atom is -0.490 e. The number of hydrogen-bond donors (Lipinski definition) is 1. The number of rotatable bonds is 3. The van der Waals surface area contributed by atoms with Crippen LogP contribution in [0.4, 0.5) is 10.5 Å². The second kappa shape index (κ2) is 7.73. The molecule has 7 heteroatoms. The number of likely N-dealkylation sites (tertiary alicyclic amines) is 1. The first-order valence-electron chi connectivity index (χ1n) is 9.22. The Morgan fingerprint density at radius 3 is 2.52 bits per heavy atom. The smallest absolute Gasteiger partial charge is 0.321 e. The maximum absolute atomic E-state index is 12.6. The van der Waals surface area contributed by atoms with Crippen LogP contribution in [0.25, 0.3) is 0 Å². The fraction of sp³-hybridized carbons (Fsp3) is 0.400. The van der Waals surface area contributed by atoms with Crippen molar-refractivity contribution in [3.63, 3.8) is 0 Å². The van der Waals surface area contributed by atoms with Gasteiger partial charge in [-0.25, -0.2) is 4.79 Å². The number of aromatic nitrogens is 1. The quantitative estimate of drug-likeness (QED) is 0.899. The van der Waals surface area contributed by atoms with Gasteiger partial charge in [0.1, 0.15) is 25.1 Å². The molecular weight excluding hydrogens is 346 g/mol. The molecular formula is C20H23N3O4. The molecule has 1 saturated heterocycles. The fourth-order valence-electron chi connectivity index (χ4n) is 3.31. The van der Waals surface area contributed by atoms with Gasteiger partial charge in [0.2, 0.25) is 0 Å². The summed E-state index contributed by atoms with van der Waals surface area (Å²) in [7, 11) is 0. The van der Waals surface area contributed by atoms with Gasteiger partial charge in [-0.05, 0) is 30.7 Å². The summed E-state index contributed by atoms with van der Waals surface area (Å²) in [6.45, 7) is 4.34. The number of benzene rings is 1. The normalized spacial score (nSPS) is 16.7. The van der Waals surface area contributed by atoms with Crippen molar-refractivity contribution in [1.82, 2.24) is 9.88 Å². The molecule has 1 N–H and O–H groups in total. The van der Waals surface area contributed by atoms with E-state index in [1.54, 1.807) is 12.4 Å². The third-order valence-electron chi connectivity index (χ3n) is 4.81. The van der Waals surface area contributed by atoms with E-state index >= 15 is 0 Å². The number of amides is 2. The SMILES string of the molecule is Cc1cc2c(cc1NC(=O)N1CCC(Oc3ccncc3)CC1)OCCO2. The van der Waals surface area contributed by atoms with Crippen molar-refractivity contribution in [1.29, 1.82) is 0 Å². The number of nitrogens with zero attached hydrogens (tertiary/aromatic N) is 2. The number of fused-ring (bicyclic) bond motifs is 1. The Hall–Kier alpha value is -2.96. The van der Waals surface area contributed by atoms with Gasteiger partial charge >= 0.3 is 6.03 Å². The summed E-state index contributed by atoms with van der Waals surface area (Å²) in [5.41, 5.74) is 1.70. The molecule has 2 amide bonds. The molecule has 27 heavy (non-hydrogen) atoms.